The molecule has 1 aromatic carbocycles. The van der Waals surface area contributed by atoms with E-state index in [-0.39, 0.29) is 53.9 Å². The second-order valence-electron chi connectivity index (χ2n) is 10.8. The van der Waals surface area contributed by atoms with Crippen molar-refractivity contribution in [3.05, 3.63) is 64.5 Å². The third-order valence-electron chi connectivity index (χ3n) is 6.56. The summed E-state index contributed by atoms with van der Waals surface area (Å²) >= 11 is 0. The number of nitrogens with two attached hydrogens (primary N) is 1. The van der Waals surface area contributed by atoms with Gasteiger partial charge in [-0.15, -0.1) is 0 Å². The average Bonchev–Trinajstić information content (AvgIpc) is 3.45. The third kappa shape index (κ3) is 6.85. The van der Waals surface area contributed by atoms with E-state index in [4.69, 9.17) is 9.88 Å². The number of sulfonamides is 1. The molecular formula is C26H28F3N5O6S. The Morgan fingerprint density at radius 1 is 1.00 bits per heavy atom. The molecule has 220 valence electrons. The lowest BCUT2D eigenvalue weighted by molar-refractivity contribution is -0.137. The van der Waals surface area contributed by atoms with Gasteiger partial charge in [-0.1, -0.05) is 20.8 Å². The van der Waals surface area contributed by atoms with Gasteiger partial charge in [-0.3, -0.25) is 14.6 Å². The van der Waals surface area contributed by atoms with E-state index < -0.39 is 45.8 Å². The number of carbonyl (C=O) groups is 3. The van der Waals surface area contributed by atoms with Crippen LogP contribution in [0.15, 0.2) is 52.6 Å². The van der Waals surface area contributed by atoms with Crippen molar-refractivity contribution in [3.8, 4) is 0 Å². The molecule has 3 heterocycles. The van der Waals surface area contributed by atoms with Gasteiger partial charge in [0, 0.05) is 43.4 Å². The lowest BCUT2D eigenvalue weighted by atomic mass is 9.95. The van der Waals surface area contributed by atoms with E-state index in [9.17, 15) is 36.0 Å². The standard InChI is InChI=1S/C26H28F3N5O6S/c1-25(2,3)23(36)32-20-8-18(26(27,28)29)9-31-21(20)14-40-24(37)34-12-16-10-33(11-17(16)13-34)22(35)15-4-6-19(7-5-15)41(30,38)39/h4-9H,10-14H2,1-3H3,(H,32,36)(H2,30,38,39). The zero-order chi connectivity index (χ0) is 30.3. The Kier molecular flexibility index (Phi) is 7.88. The second-order valence-corrected chi connectivity index (χ2v) is 12.3. The van der Waals surface area contributed by atoms with Crippen LogP contribution in [0.3, 0.4) is 0 Å². The van der Waals surface area contributed by atoms with Crippen LogP contribution >= 0.6 is 0 Å². The van der Waals surface area contributed by atoms with Gasteiger partial charge in [0.25, 0.3) is 5.91 Å². The van der Waals surface area contributed by atoms with Crippen LogP contribution in [0.25, 0.3) is 0 Å². The van der Waals surface area contributed by atoms with Crippen LogP contribution in [0.1, 0.15) is 42.4 Å². The van der Waals surface area contributed by atoms with Crippen molar-refractivity contribution in [1.29, 1.82) is 0 Å². The van der Waals surface area contributed by atoms with Gasteiger partial charge in [0.1, 0.15) is 12.3 Å². The molecule has 0 spiro atoms. The van der Waals surface area contributed by atoms with Gasteiger partial charge in [0.2, 0.25) is 15.9 Å². The molecule has 3 N–H and O–H groups in total. The molecule has 3 amide bonds. The molecule has 0 aliphatic carbocycles. The smallest absolute Gasteiger partial charge is 0.417 e. The highest BCUT2D eigenvalue weighted by Crippen LogP contribution is 2.32. The van der Waals surface area contributed by atoms with E-state index in [0.717, 1.165) is 17.2 Å². The number of ether oxygens (including phenoxy) is 1. The number of halogens is 3. The summed E-state index contributed by atoms with van der Waals surface area (Å²) < 4.78 is 67.9. The van der Waals surface area contributed by atoms with Crippen LogP contribution in [0.4, 0.5) is 23.7 Å². The Labute approximate surface area is 234 Å². The van der Waals surface area contributed by atoms with Crippen LogP contribution in [0.5, 0.6) is 0 Å². The lowest BCUT2D eigenvalue weighted by Crippen LogP contribution is -2.36. The minimum Gasteiger partial charge on any atom is -0.443 e. The summed E-state index contributed by atoms with van der Waals surface area (Å²) in [5, 5.41) is 7.53. The first-order valence-electron chi connectivity index (χ1n) is 12.3. The summed E-state index contributed by atoms with van der Waals surface area (Å²) in [5.74, 6) is -0.849. The predicted molar refractivity (Wildman–Crippen MR) is 140 cm³/mol. The molecule has 0 saturated carbocycles. The van der Waals surface area contributed by atoms with E-state index in [1.807, 2.05) is 0 Å². The van der Waals surface area contributed by atoms with Gasteiger partial charge in [-0.05, 0) is 41.5 Å². The Balaban J connectivity index is 1.36. The number of nitrogens with one attached hydrogen (secondary N) is 1. The minimum absolute atomic E-state index is 0.0473. The lowest BCUT2D eigenvalue weighted by Gasteiger charge is -2.23. The molecule has 41 heavy (non-hydrogen) atoms. The molecule has 0 radical (unpaired) electrons. The molecule has 2 aliphatic rings. The van der Waals surface area contributed by atoms with Crippen LogP contribution in [0, 0.1) is 5.41 Å². The summed E-state index contributed by atoms with van der Waals surface area (Å²) in [6, 6.07) is 6.01. The fourth-order valence-electron chi connectivity index (χ4n) is 4.23. The third-order valence-corrected chi connectivity index (χ3v) is 7.49. The van der Waals surface area contributed by atoms with Gasteiger partial charge in [0.15, 0.2) is 0 Å². The zero-order valence-corrected chi connectivity index (χ0v) is 23.2. The number of alkyl halides is 3. The van der Waals surface area contributed by atoms with E-state index >= 15 is 0 Å². The number of hydrogen-bond donors (Lipinski definition) is 2. The number of aromatic nitrogens is 1. The quantitative estimate of drug-likeness (QED) is 0.504. The second kappa shape index (κ2) is 10.8. The molecule has 0 fully saturated rings. The van der Waals surface area contributed by atoms with Crippen molar-refractivity contribution in [2.45, 2.75) is 38.4 Å². The summed E-state index contributed by atoms with van der Waals surface area (Å²) in [6.07, 6.45) is -4.81. The van der Waals surface area contributed by atoms with Crippen molar-refractivity contribution in [2.24, 2.45) is 10.6 Å². The Bertz CT molecular complexity index is 1510. The average molecular weight is 596 g/mol. The van der Waals surface area contributed by atoms with E-state index in [2.05, 4.69) is 10.3 Å². The zero-order valence-electron chi connectivity index (χ0n) is 22.4. The molecular weight excluding hydrogens is 567 g/mol. The Hall–Kier alpha value is -3.98. The largest absolute Gasteiger partial charge is 0.443 e. The number of amides is 3. The van der Waals surface area contributed by atoms with Crippen molar-refractivity contribution in [2.75, 3.05) is 31.5 Å². The summed E-state index contributed by atoms with van der Waals surface area (Å²) in [4.78, 5) is 44.7. The Morgan fingerprint density at radius 3 is 2.07 bits per heavy atom. The first-order valence-corrected chi connectivity index (χ1v) is 13.9. The predicted octanol–water partition coefficient (Wildman–Crippen LogP) is 3.14. The molecule has 11 nitrogen and oxygen atoms in total. The molecule has 0 unspecified atom stereocenters. The SMILES string of the molecule is CC(C)(C)C(=O)Nc1cc(C(F)(F)F)cnc1COC(=O)N1CC2=C(C1)CN(C(=O)c1ccc(S(N)(=O)=O)cc1)C2. The summed E-state index contributed by atoms with van der Waals surface area (Å²) in [7, 11) is -3.89. The highest BCUT2D eigenvalue weighted by Gasteiger charge is 2.36. The molecule has 2 aromatic rings. The van der Waals surface area contributed by atoms with Crippen LogP contribution < -0.4 is 10.5 Å². The highest BCUT2D eigenvalue weighted by molar-refractivity contribution is 7.89. The molecule has 15 heteroatoms. The minimum atomic E-state index is -4.69. The molecule has 1 aromatic heterocycles. The summed E-state index contributed by atoms with van der Waals surface area (Å²) in [5.41, 5.74) is -0.225. The number of primary sulfonamides is 1. The maximum Gasteiger partial charge on any atom is 0.417 e. The fraction of sp³-hybridized carbons (Fsp3) is 0.385. The van der Waals surface area contributed by atoms with Crippen molar-refractivity contribution in [3.63, 3.8) is 0 Å². The van der Waals surface area contributed by atoms with E-state index in [0.29, 0.717) is 6.20 Å². The maximum absolute atomic E-state index is 13.2. The van der Waals surface area contributed by atoms with Gasteiger partial charge in [-0.25, -0.2) is 18.4 Å². The Morgan fingerprint density at radius 2 is 1.56 bits per heavy atom. The number of anilines is 1. The number of carbonyl (C=O) groups excluding carboxylic acids is 3. The van der Waals surface area contributed by atoms with Gasteiger partial charge in [0.05, 0.1) is 16.1 Å². The number of benzene rings is 1. The fourth-order valence-corrected chi connectivity index (χ4v) is 4.74. The van der Waals surface area contributed by atoms with Crippen molar-refractivity contribution >= 4 is 33.6 Å². The van der Waals surface area contributed by atoms with Crippen molar-refractivity contribution in [1.82, 2.24) is 14.8 Å². The number of pyridine rings is 1. The van der Waals surface area contributed by atoms with E-state index in [1.54, 1.807) is 25.7 Å². The number of hydrogen-bond acceptors (Lipinski definition) is 7. The first kappa shape index (κ1) is 30.0. The van der Waals surface area contributed by atoms with Gasteiger partial charge in [-0.2, -0.15) is 13.2 Å². The first-order chi connectivity index (χ1) is 18.9. The van der Waals surface area contributed by atoms with Gasteiger partial charge < -0.3 is 19.9 Å². The topological polar surface area (TPSA) is 152 Å². The number of rotatable bonds is 5. The van der Waals surface area contributed by atoms with Gasteiger partial charge >= 0.3 is 12.3 Å². The molecule has 4 rings (SSSR count). The highest BCUT2D eigenvalue weighted by atomic mass is 32.2. The molecule has 0 saturated heterocycles. The van der Waals surface area contributed by atoms with E-state index in [1.165, 1.54) is 29.2 Å². The normalized spacial score (nSPS) is 15.7. The van der Waals surface area contributed by atoms with Crippen molar-refractivity contribution < 1.29 is 40.7 Å². The monoisotopic (exact) mass is 595 g/mol. The molecule has 2 aliphatic heterocycles. The maximum atomic E-state index is 13.2. The van der Waals surface area contributed by atoms with Crippen LogP contribution in [0.2, 0.25) is 0 Å². The van der Waals surface area contributed by atoms with Crippen LogP contribution in [-0.4, -0.2) is 67.3 Å². The molecule has 0 atom stereocenters. The number of nitrogens with zero attached hydrogens (tertiary/aromatic N) is 3. The summed E-state index contributed by atoms with van der Waals surface area (Å²) in [6.45, 7) is 5.23. The molecule has 0 bridgehead atoms. The van der Waals surface area contributed by atoms with Crippen LogP contribution in [-0.2, 0) is 32.3 Å².